The summed E-state index contributed by atoms with van der Waals surface area (Å²) in [6.07, 6.45) is 0.678. The van der Waals surface area contributed by atoms with Crippen LogP contribution < -0.4 is 10.6 Å². The van der Waals surface area contributed by atoms with E-state index in [0.29, 0.717) is 37.6 Å². The molecule has 0 saturated carbocycles. The van der Waals surface area contributed by atoms with Crippen LogP contribution in [0.4, 0.5) is 0 Å². The molecule has 0 bridgehead atoms. The van der Waals surface area contributed by atoms with Gasteiger partial charge < -0.3 is 15.5 Å². The van der Waals surface area contributed by atoms with Gasteiger partial charge in [-0.1, -0.05) is 12.1 Å². The number of rotatable bonds is 9. The SMILES string of the molecule is CCS(=O)(=O)N(C)CCCNC(=NC)NCc1ccc(C(=O)N(C)C)cc1.I. The van der Waals surface area contributed by atoms with Crippen molar-refractivity contribution in [3.63, 3.8) is 0 Å². The van der Waals surface area contributed by atoms with Gasteiger partial charge in [0.2, 0.25) is 10.0 Å². The molecule has 2 N–H and O–H groups in total. The molecule has 0 aliphatic heterocycles. The highest BCUT2D eigenvalue weighted by Gasteiger charge is 2.14. The summed E-state index contributed by atoms with van der Waals surface area (Å²) in [5.74, 6) is 0.727. The third-order valence-electron chi connectivity index (χ3n) is 4.07. The van der Waals surface area contributed by atoms with E-state index in [4.69, 9.17) is 0 Å². The Bertz CT molecular complexity index is 736. The fraction of sp³-hybridized carbons (Fsp3) is 0.556. The number of carbonyl (C=O) groups excluding carboxylic acids is 1. The smallest absolute Gasteiger partial charge is 0.253 e. The van der Waals surface area contributed by atoms with E-state index >= 15 is 0 Å². The summed E-state index contributed by atoms with van der Waals surface area (Å²) in [6.45, 7) is 3.28. The van der Waals surface area contributed by atoms with Crippen molar-refractivity contribution in [2.45, 2.75) is 19.9 Å². The predicted molar refractivity (Wildman–Crippen MR) is 125 cm³/mol. The summed E-state index contributed by atoms with van der Waals surface area (Å²) in [4.78, 5) is 17.6. The second-order valence-electron chi connectivity index (χ2n) is 6.32. The molecule has 0 spiro atoms. The number of hydrogen-bond donors (Lipinski definition) is 2. The first-order chi connectivity index (χ1) is 12.7. The minimum absolute atomic E-state index is 0. The molecule has 10 heteroatoms. The van der Waals surface area contributed by atoms with E-state index < -0.39 is 10.0 Å². The van der Waals surface area contributed by atoms with Crippen molar-refractivity contribution in [1.29, 1.82) is 0 Å². The van der Waals surface area contributed by atoms with E-state index in [1.165, 1.54) is 4.31 Å². The Labute approximate surface area is 185 Å². The van der Waals surface area contributed by atoms with Gasteiger partial charge in [0.25, 0.3) is 5.91 Å². The van der Waals surface area contributed by atoms with Crippen LogP contribution in [0.2, 0.25) is 0 Å². The van der Waals surface area contributed by atoms with E-state index in [1.54, 1.807) is 52.1 Å². The molecule has 0 heterocycles. The van der Waals surface area contributed by atoms with E-state index in [-0.39, 0.29) is 35.6 Å². The maximum atomic E-state index is 11.9. The molecule has 28 heavy (non-hydrogen) atoms. The zero-order chi connectivity index (χ0) is 20.4. The molecule has 1 amide bonds. The van der Waals surface area contributed by atoms with Gasteiger partial charge in [-0.25, -0.2) is 12.7 Å². The van der Waals surface area contributed by atoms with Gasteiger partial charge in [-0.15, -0.1) is 24.0 Å². The fourth-order valence-electron chi connectivity index (χ4n) is 2.30. The minimum atomic E-state index is -3.13. The molecular weight excluding hydrogens is 493 g/mol. The summed E-state index contributed by atoms with van der Waals surface area (Å²) >= 11 is 0. The first-order valence-electron chi connectivity index (χ1n) is 8.90. The van der Waals surface area contributed by atoms with Crippen LogP contribution in [0, 0.1) is 0 Å². The summed E-state index contributed by atoms with van der Waals surface area (Å²) in [6, 6.07) is 7.42. The predicted octanol–water partition coefficient (Wildman–Crippen LogP) is 1.34. The van der Waals surface area contributed by atoms with Crippen molar-refractivity contribution in [2.24, 2.45) is 4.99 Å². The molecule has 0 saturated heterocycles. The Kier molecular flexibility index (Phi) is 12.3. The molecule has 1 rings (SSSR count). The van der Waals surface area contributed by atoms with Crippen molar-refractivity contribution in [3.05, 3.63) is 35.4 Å². The van der Waals surface area contributed by atoms with E-state index in [0.717, 1.165) is 5.56 Å². The Morgan fingerprint density at radius 2 is 1.71 bits per heavy atom. The molecule has 0 aromatic heterocycles. The number of sulfonamides is 1. The van der Waals surface area contributed by atoms with Gasteiger partial charge in [-0.05, 0) is 31.0 Å². The van der Waals surface area contributed by atoms with E-state index in [1.807, 2.05) is 12.1 Å². The van der Waals surface area contributed by atoms with Crippen LogP contribution >= 0.6 is 24.0 Å². The molecule has 160 valence electrons. The first kappa shape index (κ1) is 26.6. The van der Waals surface area contributed by atoms with E-state index in [2.05, 4.69) is 15.6 Å². The monoisotopic (exact) mass is 525 g/mol. The van der Waals surface area contributed by atoms with Crippen LogP contribution in [0.5, 0.6) is 0 Å². The highest BCUT2D eigenvalue weighted by atomic mass is 127. The van der Waals surface area contributed by atoms with Crippen molar-refractivity contribution < 1.29 is 13.2 Å². The number of benzene rings is 1. The number of amides is 1. The van der Waals surface area contributed by atoms with Crippen LogP contribution in [0.15, 0.2) is 29.3 Å². The second-order valence-corrected chi connectivity index (χ2v) is 8.69. The van der Waals surface area contributed by atoms with Crippen molar-refractivity contribution >= 4 is 45.9 Å². The van der Waals surface area contributed by atoms with Crippen LogP contribution in [-0.4, -0.2) is 76.5 Å². The van der Waals surface area contributed by atoms with Gasteiger partial charge in [-0.2, -0.15) is 0 Å². The lowest BCUT2D eigenvalue weighted by Gasteiger charge is -2.17. The van der Waals surface area contributed by atoms with Crippen LogP contribution in [0.3, 0.4) is 0 Å². The first-order valence-corrected chi connectivity index (χ1v) is 10.5. The zero-order valence-electron chi connectivity index (χ0n) is 17.2. The van der Waals surface area contributed by atoms with Crippen LogP contribution in [-0.2, 0) is 16.6 Å². The highest BCUT2D eigenvalue weighted by molar-refractivity contribution is 14.0. The van der Waals surface area contributed by atoms with Gasteiger partial charge in [0.1, 0.15) is 0 Å². The van der Waals surface area contributed by atoms with E-state index in [9.17, 15) is 13.2 Å². The lowest BCUT2D eigenvalue weighted by molar-refractivity contribution is 0.0827. The summed E-state index contributed by atoms with van der Waals surface area (Å²) in [5.41, 5.74) is 1.68. The Morgan fingerprint density at radius 1 is 1.11 bits per heavy atom. The normalized spacial score (nSPS) is 11.7. The molecule has 1 aromatic carbocycles. The minimum Gasteiger partial charge on any atom is -0.356 e. The summed E-state index contributed by atoms with van der Waals surface area (Å²) in [7, 11) is 3.59. The van der Waals surface area contributed by atoms with Gasteiger partial charge in [0.15, 0.2) is 5.96 Å². The number of aliphatic imine (C=N–C) groups is 1. The molecule has 0 aliphatic carbocycles. The Morgan fingerprint density at radius 3 is 2.21 bits per heavy atom. The average Bonchev–Trinajstić information content (AvgIpc) is 2.66. The maximum absolute atomic E-state index is 11.9. The topological polar surface area (TPSA) is 94.1 Å². The highest BCUT2D eigenvalue weighted by Crippen LogP contribution is 2.06. The molecular formula is C18H32IN5O3S. The summed E-state index contributed by atoms with van der Waals surface area (Å²) < 4.78 is 24.8. The van der Waals surface area contributed by atoms with Crippen molar-refractivity contribution in [1.82, 2.24) is 19.8 Å². The van der Waals surface area contributed by atoms with Gasteiger partial charge in [0.05, 0.1) is 5.75 Å². The third-order valence-corrected chi connectivity index (χ3v) is 5.93. The molecule has 0 atom stereocenters. The average molecular weight is 525 g/mol. The number of halogens is 1. The summed E-state index contributed by atoms with van der Waals surface area (Å²) in [5, 5.41) is 6.36. The Hall–Kier alpha value is -1.40. The second kappa shape index (κ2) is 12.9. The number of nitrogens with zero attached hydrogens (tertiary/aromatic N) is 3. The van der Waals surface area contributed by atoms with Crippen molar-refractivity contribution in [2.75, 3.05) is 47.0 Å². The number of hydrogen-bond acceptors (Lipinski definition) is 4. The van der Waals surface area contributed by atoms with Crippen LogP contribution in [0.25, 0.3) is 0 Å². The lowest BCUT2D eigenvalue weighted by Crippen LogP contribution is -2.38. The standard InChI is InChI=1S/C18H31N5O3S.HI/c1-6-27(25,26)23(5)13-7-12-20-18(19-2)21-14-15-8-10-16(11-9-15)17(24)22(3)4;/h8-11H,6-7,12-14H2,1-5H3,(H2,19,20,21);1H. The largest absolute Gasteiger partial charge is 0.356 e. The number of nitrogens with one attached hydrogen (secondary N) is 2. The molecule has 1 aromatic rings. The van der Waals surface area contributed by atoms with Gasteiger partial charge in [0, 0.05) is 53.4 Å². The number of carbonyl (C=O) groups is 1. The van der Waals surface area contributed by atoms with Gasteiger partial charge in [-0.3, -0.25) is 9.79 Å². The third kappa shape index (κ3) is 8.74. The quantitative estimate of drug-likeness (QED) is 0.220. The lowest BCUT2D eigenvalue weighted by atomic mass is 10.1. The zero-order valence-corrected chi connectivity index (χ0v) is 20.4. The molecule has 0 fully saturated rings. The molecule has 8 nitrogen and oxygen atoms in total. The van der Waals surface area contributed by atoms with Gasteiger partial charge >= 0.3 is 0 Å². The Balaban J connectivity index is 0.00000729. The molecule has 0 aliphatic rings. The maximum Gasteiger partial charge on any atom is 0.253 e. The number of guanidine groups is 1. The molecule has 0 unspecified atom stereocenters. The molecule has 0 radical (unpaired) electrons. The van der Waals surface area contributed by atoms with Crippen LogP contribution in [0.1, 0.15) is 29.3 Å². The fourth-order valence-corrected chi connectivity index (χ4v) is 3.15. The van der Waals surface area contributed by atoms with Crippen molar-refractivity contribution in [3.8, 4) is 0 Å².